The molecule has 0 spiro atoms. The zero-order chi connectivity index (χ0) is 14.9. The molecule has 3 aliphatic rings. The maximum Gasteiger partial charge on any atom is 0.120 e. The van der Waals surface area contributed by atoms with Gasteiger partial charge < -0.3 is 0 Å². The average Bonchev–Trinajstić information content (AvgIpc) is 2.25. The van der Waals surface area contributed by atoms with Crippen LogP contribution in [0.1, 0.15) is 60.8 Å². The molecule has 3 heterocycles. The van der Waals surface area contributed by atoms with Crippen molar-refractivity contribution in [3.8, 4) is 0 Å². The Morgan fingerprint density at radius 2 is 0.950 bits per heavy atom. The summed E-state index contributed by atoms with van der Waals surface area (Å²) in [4.78, 5) is 0. The highest BCUT2D eigenvalue weighted by atomic mass is 31.2. The van der Waals surface area contributed by atoms with Crippen LogP contribution in [-0.2, 0) is 0 Å². The monoisotopic (exact) mass is 299 g/mol. The van der Waals surface area contributed by atoms with E-state index in [0.717, 1.165) is 5.92 Å². The van der Waals surface area contributed by atoms with Gasteiger partial charge in [0.2, 0.25) is 0 Å². The first-order valence-corrected chi connectivity index (χ1v) is 9.71. The molecule has 3 nitrogen and oxygen atoms in total. The van der Waals surface area contributed by atoms with Gasteiger partial charge in [-0.05, 0) is 66.7 Å². The minimum atomic E-state index is -0.286. The van der Waals surface area contributed by atoms with Gasteiger partial charge >= 0.3 is 0 Å². The lowest BCUT2D eigenvalue weighted by Crippen LogP contribution is -2.49. The van der Waals surface area contributed by atoms with Crippen molar-refractivity contribution in [3.63, 3.8) is 0 Å². The van der Waals surface area contributed by atoms with Gasteiger partial charge in [-0.1, -0.05) is 0 Å². The largest absolute Gasteiger partial charge is 0.255 e. The van der Waals surface area contributed by atoms with Gasteiger partial charge in [0.25, 0.3) is 0 Å². The van der Waals surface area contributed by atoms with Crippen molar-refractivity contribution in [1.29, 1.82) is 0 Å². The first kappa shape index (κ1) is 16.7. The highest BCUT2D eigenvalue weighted by molar-refractivity contribution is 7.50. The molecule has 0 atom stereocenters. The molecular formula is C16H34N3P. The number of nitrogens with zero attached hydrogens (tertiary/aromatic N) is 3. The van der Waals surface area contributed by atoms with Gasteiger partial charge in [-0.2, -0.15) is 0 Å². The Balaban J connectivity index is 2.35. The summed E-state index contributed by atoms with van der Waals surface area (Å²) in [6.45, 7) is 18.2. The van der Waals surface area contributed by atoms with Crippen LogP contribution >= 0.6 is 8.37 Å². The number of hydrogen-bond acceptors (Lipinski definition) is 3. The predicted molar refractivity (Wildman–Crippen MR) is 89.8 cm³/mol. The third kappa shape index (κ3) is 3.55. The third-order valence-electron chi connectivity index (χ3n) is 4.78. The molecule has 0 aromatic heterocycles. The van der Waals surface area contributed by atoms with E-state index in [1.165, 1.54) is 38.9 Å². The lowest BCUT2D eigenvalue weighted by Gasteiger charge is -2.53. The maximum absolute atomic E-state index is 2.81. The summed E-state index contributed by atoms with van der Waals surface area (Å²) < 4.78 is 8.42. The summed E-state index contributed by atoms with van der Waals surface area (Å²) >= 11 is 0. The molecule has 118 valence electrons. The third-order valence-corrected chi connectivity index (χ3v) is 8.14. The summed E-state index contributed by atoms with van der Waals surface area (Å²) in [6, 6.07) is 1.96. The first-order valence-electron chi connectivity index (χ1n) is 8.51. The standard InChI is InChI=1S/C16H34N3P/c1-13(2)17-10-7-16-8-11-18(14(3)4)20(17)19(12-9-16)15(5)6/h13-16H,7-12H2,1-6H3. The topological polar surface area (TPSA) is 9.72 Å². The van der Waals surface area contributed by atoms with Crippen molar-refractivity contribution in [2.45, 2.75) is 78.9 Å². The second-order valence-electron chi connectivity index (χ2n) is 7.27. The van der Waals surface area contributed by atoms with Crippen LogP contribution in [-0.4, -0.2) is 51.8 Å². The molecule has 0 aromatic rings. The van der Waals surface area contributed by atoms with Gasteiger partial charge in [-0.15, -0.1) is 0 Å². The molecule has 0 saturated carbocycles. The van der Waals surface area contributed by atoms with Crippen molar-refractivity contribution in [2.24, 2.45) is 5.92 Å². The second-order valence-corrected chi connectivity index (χ2v) is 9.35. The Bertz CT molecular complexity index is 259. The van der Waals surface area contributed by atoms with E-state index in [4.69, 9.17) is 0 Å². The van der Waals surface area contributed by atoms with Gasteiger partial charge in [-0.3, -0.25) is 14.0 Å². The van der Waals surface area contributed by atoms with E-state index >= 15 is 0 Å². The van der Waals surface area contributed by atoms with Crippen LogP contribution in [0.2, 0.25) is 0 Å². The van der Waals surface area contributed by atoms with E-state index in [9.17, 15) is 0 Å². The molecule has 0 unspecified atom stereocenters. The molecule has 3 fully saturated rings. The lowest BCUT2D eigenvalue weighted by molar-refractivity contribution is 0.175. The Hall–Kier alpha value is 0.310. The van der Waals surface area contributed by atoms with E-state index in [1.54, 1.807) is 0 Å². The number of rotatable bonds is 3. The van der Waals surface area contributed by atoms with Crippen LogP contribution in [0.3, 0.4) is 0 Å². The zero-order valence-electron chi connectivity index (χ0n) is 14.3. The van der Waals surface area contributed by atoms with Crippen LogP contribution in [0.5, 0.6) is 0 Å². The summed E-state index contributed by atoms with van der Waals surface area (Å²) in [5.74, 6) is 0.927. The average molecular weight is 299 g/mol. The molecule has 3 rings (SSSR count). The molecule has 3 saturated heterocycles. The number of fused-ring (bicyclic) bond motifs is 6. The maximum atomic E-state index is 2.81. The molecular weight excluding hydrogens is 265 g/mol. The minimum absolute atomic E-state index is 0.286. The molecule has 0 N–H and O–H groups in total. The van der Waals surface area contributed by atoms with E-state index in [-0.39, 0.29) is 8.37 Å². The molecule has 0 aromatic carbocycles. The molecule has 2 bridgehead atoms. The van der Waals surface area contributed by atoms with Crippen molar-refractivity contribution in [3.05, 3.63) is 0 Å². The fourth-order valence-electron chi connectivity index (χ4n) is 3.48. The summed E-state index contributed by atoms with van der Waals surface area (Å²) in [6.07, 6.45) is 4.23. The predicted octanol–water partition coefficient (Wildman–Crippen LogP) is 4.16. The lowest BCUT2D eigenvalue weighted by atomic mass is 9.96. The van der Waals surface area contributed by atoms with Gasteiger partial charge in [-0.25, -0.2) is 0 Å². The molecule has 3 aliphatic heterocycles. The van der Waals surface area contributed by atoms with E-state index in [1.807, 2.05) is 0 Å². The quantitative estimate of drug-likeness (QED) is 0.725. The fourth-order valence-corrected chi connectivity index (χ4v) is 6.49. The van der Waals surface area contributed by atoms with Crippen LogP contribution in [0.4, 0.5) is 0 Å². The van der Waals surface area contributed by atoms with Crippen LogP contribution in [0.15, 0.2) is 0 Å². The van der Waals surface area contributed by atoms with E-state index < -0.39 is 0 Å². The van der Waals surface area contributed by atoms with Crippen LogP contribution < -0.4 is 0 Å². The molecule has 0 radical (unpaired) electrons. The summed E-state index contributed by atoms with van der Waals surface area (Å²) in [7, 11) is -0.286. The van der Waals surface area contributed by atoms with Gasteiger partial charge in [0.1, 0.15) is 8.37 Å². The second kappa shape index (κ2) is 7.05. The molecule has 4 heteroatoms. The fraction of sp³-hybridized carbons (Fsp3) is 1.00. The first-order chi connectivity index (χ1) is 9.41. The van der Waals surface area contributed by atoms with Crippen molar-refractivity contribution >= 4 is 8.37 Å². The highest BCUT2D eigenvalue weighted by Crippen LogP contribution is 2.54. The van der Waals surface area contributed by atoms with Gasteiger partial charge in [0.05, 0.1) is 0 Å². The minimum Gasteiger partial charge on any atom is -0.255 e. The van der Waals surface area contributed by atoms with Crippen molar-refractivity contribution < 1.29 is 0 Å². The smallest absolute Gasteiger partial charge is 0.120 e. The van der Waals surface area contributed by atoms with Crippen molar-refractivity contribution in [1.82, 2.24) is 14.0 Å². The zero-order valence-corrected chi connectivity index (χ0v) is 15.2. The normalized spacial score (nSPS) is 31.1. The number of hydrogen-bond donors (Lipinski definition) is 0. The Kier molecular flexibility index (Phi) is 5.88. The Labute approximate surface area is 127 Å². The molecule has 20 heavy (non-hydrogen) atoms. The summed E-state index contributed by atoms with van der Waals surface area (Å²) in [5, 5.41) is 0. The van der Waals surface area contributed by atoms with E-state index in [0.29, 0.717) is 18.1 Å². The highest BCUT2D eigenvalue weighted by Gasteiger charge is 2.39. The Morgan fingerprint density at radius 1 is 0.650 bits per heavy atom. The van der Waals surface area contributed by atoms with Crippen LogP contribution in [0.25, 0.3) is 0 Å². The van der Waals surface area contributed by atoms with Gasteiger partial charge in [0, 0.05) is 37.8 Å². The van der Waals surface area contributed by atoms with Crippen molar-refractivity contribution in [2.75, 3.05) is 19.6 Å². The SMILES string of the molecule is CC(C)N1CCC2CCN(C(C)C)P1N(C(C)C)CC2. The molecule has 0 amide bonds. The van der Waals surface area contributed by atoms with E-state index in [2.05, 4.69) is 55.6 Å². The summed E-state index contributed by atoms with van der Waals surface area (Å²) in [5.41, 5.74) is 0. The van der Waals surface area contributed by atoms with Gasteiger partial charge in [0.15, 0.2) is 0 Å². The molecule has 0 aliphatic carbocycles. The Morgan fingerprint density at radius 3 is 1.20 bits per heavy atom. The van der Waals surface area contributed by atoms with Crippen LogP contribution in [0, 0.1) is 5.92 Å².